The third-order valence-corrected chi connectivity index (χ3v) is 5.08. The summed E-state index contributed by atoms with van der Waals surface area (Å²) in [5, 5.41) is 0. The van der Waals surface area contributed by atoms with Gasteiger partial charge in [0.05, 0.1) is 14.2 Å². The Morgan fingerprint density at radius 2 is 1.68 bits per heavy atom. The molecule has 1 saturated carbocycles. The first-order valence-electron chi connectivity index (χ1n) is 7.53. The smallest absolute Gasteiger partial charge is 0.323 e. The van der Waals surface area contributed by atoms with Crippen molar-refractivity contribution in [3.63, 3.8) is 0 Å². The summed E-state index contributed by atoms with van der Waals surface area (Å²) < 4.78 is 9.79. The van der Waals surface area contributed by atoms with Crippen molar-refractivity contribution in [2.45, 2.75) is 25.2 Å². The van der Waals surface area contributed by atoms with E-state index in [1.54, 1.807) is 0 Å². The molecule has 2 aliphatic carbocycles. The highest BCUT2D eigenvalue weighted by atomic mass is 16.5. The maximum absolute atomic E-state index is 12.3. The molecule has 3 rings (SSSR count). The van der Waals surface area contributed by atoms with Gasteiger partial charge < -0.3 is 9.47 Å². The van der Waals surface area contributed by atoms with Gasteiger partial charge in [0.25, 0.3) is 0 Å². The summed E-state index contributed by atoms with van der Waals surface area (Å²) in [7, 11) is 2.64. The Morgan fingerprint density at radius 1 is 1.05 bits per heavy atom. The van der Waals surface area contributed by atoms with E-state index in [1.807, 2.05) is 24.3 Å². The fourth-order valence-electron chi connectivity index (χ4n) is 3.78. The van der Waals surface area contributed by atoms with Crippen molar-refractivity contribution in [2.24, 2.45) is 11.3 Å². The average Bonchev–Trinajstić information content (AvgIpc) is 2.55. The predicted octanol–water partition coefficient (Wildman–Crippen LogP) is 2.84. The number of hydrogen-bond acceptors (Lipinski definition) is 4. The Morgan fingerprint density at radius 3 is 2.27 bits per heavy atom. The first-order chi connectivity index (χ1) is 10.6. The maximum Gasteiger partial charge on any atom is 0.323 e. The van der Waals surface area contributed by atoms with Crippen LogP contribution in [0.25, 0.3) is 0 Å². The number of allylic oxidation sites excluding steroid dienone is 2. The molecular formula is C18H20O4. The minimum absolute atomic E-state index is 0.217. The molecule has 1 aromatic rings. The number of ether oxygens (including phenoxy) is 2. The molecule has 4 nitrogen and oxygen atoms in total. The van der Waals surface area contributed by atoms with Gasteiger partial charge >= 0.3 is 11.9 Å². The van der Waals surface area contributed by atoms with Crippen molar-refractivity contribution in [3.05, 3.63) is 47.5 Å². The van der Waals surface area contributed by atoms with Gasteiger partial charge in [0.2, 0.25) is 0 Å². The average molecular weight is 300 g/mol. The zero-order chi connectivity index (χ0) is 15.7. The van der Waals surface area contributed by atoms with Crippen LogP contribution in [0.5, 0.6) is 0 Å². The second kappa shape index (κ2) is 5.59. The van der Waals surface area contributed by atoms with Crippen molar-refractivity contribution in [3.8, 4) is 0 Å². The first kappa shape index (κ1) is 14.8. The SMILES string of the molecule is COC(=O)C1(C(=O)OC)CC=C2C[C@H](c3ccccc3)[C@H]2C1. The van der Waals surface area contributed by atoms with E-state index in [0.717, 1.165) is 6.42 Å². The van der Waals surface area contributed by atoms with Crippen molar-refractivity contribution in [1.29, 1.82) is 0 Å². The number of fused-ring (bicyclic) bond motifs is 1. The van der Waals surface area contributed by atoms with E-state index in [0.29, 0.717) is 18.8 Å². The van der Waals surface area contributed by atoms with E-state index < -0.39 is 17.4 Å². The van der Waals surface area contributed by atoms with Gasteiger partial charge in [-0.05, 0) is 36.7 Å². The number of esters is 2. The lowest BCUT2D eigenvalue weighted by Crippen LogP contribution is -2.47. The first-order valence-corrected chi connectivity index (χ1v) is 7.53. The van der Waals surface area contributed by atoms with Gasteiger partial charge in [0.1, 0.15) is 0 Å². The second-order valence-corrected chi connectivity index (χ2v) is 6.08. The summed E-state index contributed by atoms with van der Waals surface area (Å²) in [5.41, 5.74) is 1.41. The molecule has 1 fully saturated rings. The van der Waals surface area contributed by atoms with E-state index in [1.165, 1.54) is 25.4 Å². The molecule has 0 amide bonds. The van der Waals surface area contributed by atoms with Crippen molar-refractivity contribution in [1.82, 2.24) is 0 Å². The Kier molecular flexibility index (Phi) is 3.77. The fourth-order valence-corrected chi connectivity index (χ4v) is 3.78. The van der Waals surface area contributed by atoms with Crippen molar-refractivity contribution >= 4 is 11.9 Å². The molecule has 0 aromatic heterocycles. The van der Waals surface area contributed by atoms with Crippen molar-refractivity contribution < 1.29 is 19.1 Å². The summed E-state index contributed by atoms with van der Waals surface area (Å²) >= 11 is 0. The van der Waals surface area contributed by atoms with Gasteiger partial charge in [-0.1, -0.05) is 42.0 Å². The Balaban J connectivity index is 1.90. The molecule has 22 heavy (non-hydrogen) atoms. The minimum atomic E-state index is -1.19. The lowest BCUT2D eigenvalue weighted by molar-refractivity contribution is -0.171. The molecule has 0 spiro atoms. The van der Waals surface area contributed by atoms with Gasteiger partial charge in [-0.15, -0.1) is 0 Å². The molecule has 2 atom stereocenters. The van der Waals surface area contributed by atoms with Gasteiger partial charge in [0.15, 0.2) is 5.41 Å². The standard InChI is InChI=1S/C18H20O4/c1-21-16(19)18(17(20)22-2)9-8-13-10-14(15(13)11-18)12-6-4-3-5-7-12/h3-8,14-15H,9-11H2,1-2H3/t14-,15+/m1/s1. The molecule has 0 radical (unpaired) electrons. The van der Waals surface area contributed by atoms with Crippen LogP contribution in [0, 0.1) is 11.3 Å². The minimum Gasteiger partial charge on any atom is -0.468 e. The second-order valence-electron chi connectivity index (χ2n) is 6.08. The van der Waals surface area contributed by atoms with Crippen LogP contribution in [-0.2, 0) is 19.1 Å². The van der Waals surface area contributed by atoms with Crippen LogP contribution < -0.4 is 0 Å². The molecule has 116 valence electrons. The van der Waals surface area contributed by atoms with Crippen LogP contribution in [0.15, 0.2) is 42.0 Å². The Labute approximate surface area is 130 Å². The molecule has 2 aliphatic rings. The van der Waals surface area contributed by atoms with Gasteiger partial charge in [-0.2, -0.15) is 0 Å². The quantitative estimate of drug-likeness (QED) is 0.489. The molecule has 0 heterocycles. The summed E-state index contributed by atoms with van der Waals surface area (Å²) in [4.78, 5) is 24.5. The summed E-state index contributed by atoms with van der Waals surface area (Å²) in [5.74, 6) is -0.405. The predicted molar refractivity (Wildman–Crippen MR) is 81.1 cm³/mol. The van der Waals surface area contributed by atoms with Crippen LogP contribution in [-0.4, -0.2) is 26.2 Å². The van der Waals surface area contributed by atoms with E-state index in [4.69, 9.17) is 9.47 Å². The number of hydrogen-bond donors (Lipinski definition) is 0. The number of carbonyl (C=O) groups is 2. The Bertz CT molecular complexity index is 601. The zero-order valence-electron chi connectivity index (χ0n) is 12.9. The van der Waals surface area contributed by atoms with Crippen LogP contribution in [0.4, 0.5) is 0 Å². The van der Waals surface area contributed by atoms with E-state index >= 15 is 0 Å². The molecular weight excluding hydrogens is 280 g/mol. The van der Waals surface area contributed by atoms with Crippen LogP contribution in [0.1, 0.15) is 30.7 Å². The number of carbonyl (C=O) groups excluding carboxylic acids is 2. The maximum atomic E-state index is 12.3. The number of benzene rings is 1. The van der Waals surface area contributed by atoms with Gasteiger partial charge in [0, 0.05) is 0 Å². The van der Waals surface area contributed by atoms with E-state index in [-0.39, 0.29) is 5.92 Å². The molecule has 0 bridgehead atoms. The lowest BCUT2D eigenvalue weighted by Gasteiger charge is -2.47. The molecule has 1 aromatic carbocycles. The lowest BCUT2D eigenvalue weighted by atomic mass is 9.56. The molecule has 4 heteroatoms. The summed E-state index contributed by atoms with van der Waals surface area (Å²) in [6, 6.07) is 10.2. The normalized spacial score (nSPS) is 25.3. The van der Waals surface area contributed by atoms with Gasteiger partial charge in [-0.25, -0.2) is 0 Å². The highest BCUT2D eigenvalue weighted by Crippen LogP contribution is 2.56. The van der Waals surface area contributed by atoms with Crippen molar-refractivity contribution in [2.75, 3.05) is 14.2 Å². The summed E-state index contributed by atoms with van der Waals surface area (Å²) in [6.45, 7) is 0. The highest BCUT2D eigenvalue weighted by Gasteiger charge is 2.55. The van der Waals surface area contributed by atoms with Crippen LogP contribution in [0.2, 0.25) is 0 Å². The van der Waals surface area contributed by atoms with Crippen LogP contribution in [0.3, 0.4) is 0 Å². The third-order valence-electron chi connectivity index (χ3n) is 5.08. The fraction of sp³-hybridized carbons (Fsp3) is 0.444. The molecule has 0 saturated heterocycles. The molecule has 0 N–H and O–H groups in total. The number of methoxy groups -OCH3 is 2. The topological polar surface area (TPSA) is 52.6 Å². The number of rotatable bonds is 3. The zero-order valence-corrected chi connectivity index (χ0v) is 12.9. The van der Waals surface area contributed by atoms with Gasteiger partial charge in [-0.3, -0.25) is 9.59 Å². The highest BCUT2D eigenvalue weighted by molar-refractivity contribution is 6.00. The molecule has 0 unspecified atom stereocenters. The third kappa shape index (κ3) is 2.14. The van der Waals surface area contributed by atoms with E-state index in [2.05, 4.69) is 12.1 Å². The van der Waals surface area contributed by atoms with E-state index in [9.17, 15) is 9.59 Å². The molecule has 0 aliphatic heterocycles. The summed E-state index contributed by atoms with van der Waals surface area (Å²) in [6.07, 6.45) is 3.88. The van der Waals surface area contributed by atoms with Crippen LogP contribution >= 0.6 is 0 Å². The monoisotopic (exact) mass is 300 g/mol. The largest absolute Gasteiger partial charge is 0.468 e. The Hall–Kier alpha value is -2.10.